The molecule has 5 nitrogen and oxygen atoms in total. The first kappa shape index (κ1) is 15.3. The van der Waals surface area contributed by atoms with Crippen LogP contribution < -0.4 is 5.32 Å². The van der Waals surface area contributed by atoms with Gasteiger partial charge in [-0.3, -0.25) is 4.79 Å². The highest BCUT2D eigenvalue weighted by Crippen LogP contribution is 2.24. The van der Waals surface area contributed by atoms with E-state index in [-0.39, 0.29) is 17.8 Å². The molecule has 0 aliphatic heterocycles. The Hall–Kier alpha value is -1.14. The van der Waals surface area contributed by atoms with E-state index in [0.717, 1.165) is 16.4 Å². The standard InChI is InChI=1S/C13H16BrClN4O/c1-3-4-16-11(20)7-19-12(8(2)15)18-10-5-9(14)6-17-13(10)19/h5-6,8H,3-4,7H2,1-2H3,(H,16,20). The molecule has 1 unspecified atom stereocenters. The highest BCUT2D eigenvalue weighted by molar-refractivity contribution is 9.10. The average Bonchev–Trinajstić information content (AvgIpc) is 2.74. The number of carbonyl (C=O) groups excluding carboxylic acids is 1. The number of nitrogens with one attached hydrogen (secondary N) is 1. The summed E-state index contributed by atoms with van der Waals surface area (Å²) < 4.78 is 2.61. The van der Waals surface area contributed by atoms with Gasteiger partial charge in [-0.15, -0.1) is 11.6 Å². The second-order valence-electron chi connectivity index (χ2n) is 4.52. The molecule has 2 heterocycles. The predicted molar refractivity (Wildman–Crippen MR) is 82.8 cm³/mol. The Kier molecular flexibility index (Phi) is 4.99. The van der Waals surface area contributed by atoms with E-state index in [1.165, 1.54) is 0 Å². The van der Waals surface area contributed by atoms with Gasteiger partial charge in [-0.05, 0) is 35.3 Å². The molecule has 0 fully saturated rings. The minimum atomic E-state index is -0.290. The van der Waals surface area contributed by atoms with Crippen molar-refractivity contribution in [2.24, 2.45) is 0 Å². The number of aromatic nitrogens is 3. The fraction of sp³-hybridized carbons (Fsp3) is 0.462. The maximum absolute atomic E-state index is 11.9. The third kappa shape index (κ3) is 3.30. The SMILES string of the molecule is CCCNC(=O)Cn1c(C(C)Cl)nc2cc(Br)cnc21. The fourth-order valence-corrected chi connectivity index (χ4v) is 2.41. The molecule has 0 saturated heterocycles. The number of alkyl halides is 1. The van der Waals surface area contributed by atoms with Crippen LogP contribution in [0.4, 0.5) is 0 Å². The van der Waals surface area contributed by atoms with Crippen molar-refractivity contribution in [2.75, 3.05) is 6.54 Å². The highest BCUT2D eigenvalue weighted by atomic mass is 79.9. The van der Waals surface area contributed by atoms with E-state index in [2.05, 4.69) is 31.2 Å². The second-order valence-corrected chi connectivity index (χ2v) is 6.09. The second kappa shape index (κ2) is 6.54. The van der Waals surface area contributed by atoms with E-state index in [4.69, 9.17) is 11.6 Å². The number of nitrogens with zero attached hydrogens (tertiary/aromatic N) is 3. The summed E-state index contributed by atoms with van der Waals surface area (Å²) >= 11 is 9.52. The van der Waals surface area contributed by atoms with Gasteiger partial charge in [0, 0.05) is 17.2 Å². The smallest absolute Gasteiger partial charge is 0.240 e. The molecular formula is C13H16BrClN4O. The summed E-state index contributed by atoms with van der Waals surface area (Å²) in [4.78, 5) is 20.7. The first-order valence-electron chi connectivity index (χ1n) is 6.45. The molecule has 0 saturated carbocycles. The van der Waals surface area contributed by atoms with Crippen LogP contribution in [0.3, 0.4) is 0 Å². The summed E-state index contributed by atoms with van der Waals surface area (Å²) in [6, 6.07) is 1.87. The van der Waals surface area contributed by atoms with E-state index in [1.807, 2.05) is 19.9 Å². The Morgan fingerprint density at radius 1 is 1.60 bits per heavy atom. The van der Waals surface area contributed by atoms with Gasteiger partial charge in [-0.25, -0.2) is 9.97 Å². The molecule has 0 aliphatic rings. The van der Waals surface area contributed by atoms with Crippen LogP contribution in [0.25, 0.3) is 11.2 Å². The van der Waals surface area contributed by atoms with Crippen LogP contribution in [0.2, 0.25) is 0 Å². The van der Waals surface area contributed by atoms with Crippen molar-refractivity contribution in [3.05, 3.63) is 22.6 Å². The summed E-state index contributed by atoms with van der Waals surface area (Å²) in [5, 5.41) is 2.56. The number of amides is 1. The van der Waals surface area contributed by atoms with Crippen molar-refractivity contribution in [1.82, 2.24) is 19.9 Å². The lowest BCUT2D eigenvalue weighted by Gasteiger charge is -2.10. The molecule has 2 aromatic rings. The quantitative estimate of drug-likeness (QED) is 0.835. The maximum Gasteiger partial charge on any atom is 0.240 e. The van der Waals surface area contributed by atoms with Crippen LogP contribution in [-0.4, -0.2) is 27.0 Å². The summed E-state index contributed by atoms with van der Waals surface area (Å²) in [6.07, 6.45) is 2.59. The molecule has 1 atom stereocenters. The van der Waals surface area contributed by atoms with Gasteiger partial charge in [0.1, 0.15) is 17.9 Å². The summed E-state index contributed by atoms with van der Waals surface area (Å²) in [7, 11) is 0. The Morgan fingerprint density at radius 3 is 3.00 bits per heavy atom. The molecule has 20 heavy (non-hydrogen) atoms. The van der Waals surface area contributed by atoms with Gasteiger partial charge < -0.3 is 9.88 Å². The largest absolute Gasteiger partial charge is 0.355 e. The molecule has 108 valence electrons. The number of hydrogen-bond donors (Lipinski definition) is 1. The van der Waals surface area contributed by atoms with E-state index >= 15 is 0 Å². The Labute approximate surface area is 130 Å². The van der Waals surface area contributed by atoms with Crippen LogP contribution in [0.1, 0.15) is 31.5 Å². The molecule has 0 aromatic carbocycles. The van der Waals surface area contributed by atoms with Gasteiger partial charge >= 0.3 is 0 Å². The Morgan fingerprint density at radius 2 is 2.35 bits per heavy atom. The molecule has 1 amide bonds. The van der Waals surface area contributed by atoms with Crippen LogP contribution in [0.5, 0.6) is 0 Å². The third-order valence-corrected chi connectivity index (χ3v) is 3.44. The number of fused-ring (bicyclic) bond motifs is 1. The number of rotatable bonds is 5. The van der Waals surface area contributed by atoms with Gasteiger partial charge in [0.05, 0.1) is 5.38 Å². The maximum atomic E-state index is 11.9. The van der Waals surface area contributed by atoms with Crippen molar-refractivity contribution < 1.29 is 4.79 Å². The highest BCUT2D eigenvalue weighted by Gasteiger charge is 2.18. The summed E-state index contributed by atoms with van der Waals surface area (Å²) in [5.41, 5.74) is 1.40. The minimum Gasteiger partial charge on any atom is -0.355 e. The predicted octanol–water partition coefficient (Wildman–Crippen LogP) is 3.02. The first-order valence-corrected chi connectivity index (χ1v) is 7.68. The van der Waals surface area contributed by atoms with Gasteiger partial charge in [0.15, 0.2) is 5.65 Å². The molecule has 7 heteroatoms. The molecule has 2 aromatic heterocycles. The van der Waals surface area contributed by atoms with Crippen molar-refractivity contribution >= 4 is 44.6 Å². The summed E-state index contributed by atoms with van der Waals surface area (Å²) in [5.74, 6) is 0.591. The van der Waals surface area contributed by atoms with Gasteiger partial charge in [-0.2, -0.15) is 0 Å². The number of carbonyl (C=O) groups is 1. The lowest BCUT2D eigenvalue weighted by atomic mass is 10.4. The van der Waals surface area contributed by atoms with Gasteiger partial charge in [0.25, 0.3) is 0 Å². The fourth-order valence-electron chi connectivity index (χ4n) is 1.93. The lowest BCUT2D eigenvalue weighted by Crippen LogP contribution is -2.28. The Balaban J connectivity index is 2.38. The third-order valence-electron chi connectivity index (χ3n) is 2.81. The van der Waals surface area contributed by atoms with Gasteiger partial charge in [-0.1, -0.05) is 6.92 Å². The number of imidazole rings is 1. The topological polar surface area (TPSA) is 59.8 Å². The van der Waals surface area contributed by atoms with Crippen LogP contribution in [0.15, 0.2) is 16.7 Å². The zero-order valence-corrected chi connectivity index (χ0v) is 13.7. The number of halogens is 2. The van der Waals surface area contributed by atoms with Crippen LogP contribution >= 0.6 is 27.5 Å². The molecule has 0 bridgehead atoms. The van der Waals surface area contributed by atoms with Crippen molar-refractivity contribution in [3.8, 4) is 0 Å². The van der Waals surface area contributed by atoms with E-state index < -0.39 is 0 Å². The van der Waals surface area contributed by atoms with Crippen molar-refractivity contribution in [2.45, 2.75) is 32.2 Å². The minimum absolute atomic E-state index is 0.0607. The molecular weight excluding hydrogens is 344 g/mol. The normalized spacial score (nSPS) is 12.6. The molecule has 1 N–H and O–H groups in total. The molecule has 2 rings (SSSR count). The molecule has 0 spiro atoms. The van der Waals surface area contributed by atoms with Crippen LogP contribution in [0, 0.1) is 0 Å². The lowest BCUT2D eigenvalue weighted by molar-refractivity contribution is -0.121. The summed E-state index contributed by atoms with van der Waals surface area (Å²) in [6.45, 7) is 4.68. The zero-order chi connectivity index (χ0) is 14.7. The van der Waals surface area contributed by atoms with Gasteiger partial charge in [0.2, 0.25) is 5.91 Å². The zero-order valence-electron chi connectivity index (χ0n) is 11.4. The molecule has 0 radical (unpaired) electrons. The van der Waals surface area contributed by atoms with E-state index in [1.54, 1.807) is 10.8 Å². The van der Waals surface area contributed by atoms with Crippen molar-refractivity contribution in [3.63, 3.8) is 0 Å². The average molecular weight is 360 g/mol. The first-order chi connectivity index (χ1) is 9.52. The number of pyridine rings is 1. The molecule has 0 aliphatic carbocycles. The number of hydrogen-bond acceptors (Lipinski definition) is 3. The Bertz CT molecular complexity index is 626. The van der Waals surface area contributed by atoms with E-state index in [9.17, 15) is 4.79 Å². The van der Waals surface area contributed by atoms with Crippen molar-refractivity contribution in [1.29, 1.82) is 0 Å². The monoisotopic (exact) mass is 358 g/mol. The van der Waals surface area contributed by atoms with Crippen LogP contribution in [-0.2, 0) is 11.3 Å². The van der Waals surface area contributed by atoms with E-state index in [0.29, 0.717) is 18.0 Å².